The second-order valence-corrected chi connectivity index (χ2v) is 6.92. The minimum absolute atomic E-state index is 0.0834. The molecular weight excluding hydrogens is 292 g/mol. The highest BCUT2D eigenvalue weighted by atomic mass is 16.5. The molecule has 3 aliphatic rings. The van der Waals surface area contributed by atoms with Gasteiger partial charge >= 0.3 is 0 Å². The van der Waals surface area contributed by atoms with Gasteiger partial charge in [-0.2, -0.15) is 0 Å². The lowest BCUT2D eigenvalue weighted by molar-refractivity contribution is -0.154. The van der Waals surface area contributed by atoms with Crippen molar-refractivity contribution in [2.75, 3.05) is 31.1 Å². The van der Waals surface area contributed by atoms with Crippen LogP contribution in [0.4, 0.5) is 5.95 Å². The smallest absolute Gasteiger partial charge is 0.248 e. The molecule has 1 aliphatic carbocycles. The van der Waals surface area contributed by atoms with Crippen LogP contribution in [0.5, 0.6) is 0 Å². The second kappa shape index (κ2) is 6.43. The number of rotatable bonds is 3. The van der Waals surface area contributed by atoms with Gasteiger partial charge in [0.15, 0.2) is 0 Å². The summed E-state index contributed by atoms with van der Waals surface area (Å²) in [5.74, 6) is 1.54. The number of hydrogen-bond donors (Lipinski definition) is 0. The quantitative estimate of drug-likeness (QED) is 0.845. The molecule has 4 rings (SSSR count). The van der Waals surface area contributed by atoms with Crippen LogP contribution < -0.4 is 4.90 Å². The third-order valence-electron chi connectivity index (χ3n) is 5.39. The van der Waals surface area contributed by atoms with Crippen LogP contribution in [0.2, 0.25) is 0 Å². The van der Waals surface area contributed by atoms with E-state index in [1.165, 1.54) is 32.1 Å². The van der Waals surface area contributed by atoms with E-state index in [0.717, 1.165) is 25.6 Å². The number of aromatic nitrogens is 2. The van der Waals surface area contributed by atoms with Crippen molar-refractivity contribution < 1.29 is 9.53 Å². The molecule has 2 atom stereocenters. The van der Waals surface area contributed by atoms with Crippen molar-refractivity contribution in [1.82, 2.24) is 14.9 Å². The fourth-order valence-corrected chi connectivity index (χ4v) is 4.17. The van der Waals surface area contributed by atoms with E-state index < -0.39 is 0 Å². The highest BCUT2D eigenvalue weighted by Gasteiger charge is 2.44. The van der Waals surface area contributed by atoms with E-state index in [4.69, 9.17) is 4.74 Å². The van der Waals surface area contributed by atoms with Crippen molar-refractivity contribution in [3.63, 3.8) is 0 Å². The van der Waals surface area contributed by atoms with Crippen molar-refractivity contribution in [2.24, 2.45) is 5.92 Å². The van der Waals surface area contributed by atoms with E-state index in [1.54, 1.807) is 12.4 Å². The number of hydrogen-bond acceptors (Lipinski definition) is 5. The molecule has 3 heterocycles. The van der Waals surface area contributed by atoms with Gasteiger partial charge in [0.25, 0.3) is 0 Å². The van der Waals surface area contributed by atoms with Crippen LogP contribution in [0, 0.1) is 5.92 Å². The van der Waals surface area contributed by atoms with Crippen LogP contribution in [0.25, 0.3) is 0 Å². The monoisotopic (exact) mass is 316 g/mol. The molecule has 2 aliphatic heterocycles. The Kier molecular flexibility index (Phi) is 4.16. The molecule has 2 saturated heterocycles. The highest BCUT2D eigenvalue weighted by molar-refractivity contribution is 5.79. The number of fused-ring (bicyclic) bond motifs is 1. The molecule has 1 aromatic heterocycles. The molecule has 0 bridgehead atoms. The predicted octanol–water partition coefficient (Wildman–Crippen LogP) is 1.47. The molecule has 0 aromatic carbocycles. The molecule has 1 amide bonds. The minimum atomic E-state index is 0.0834. The van der Waals surface area contributed by atoms with E-state index in [9.17, 15) is 4.79 Å². The van der Waals surface area contributed by atoms with Crippen molar-refractivity contribution >= 4 is 11.9 Å². The van der Waals surface area contributed by atoms with Crippen molar-refractivity contribution in [2.45, 2.75) is 44.2 Å². The Morgan fingerprint density at radius 1 is 1.13 bits per heavy atom. The van der Waals surface area contributed by atoms with E-state index in [0.29, 0.717) is 5.92 Å². The third kappa shape index (κ3) is 3.04. The number of anilines is 1. The van der Waals surface area contributed by atoms with Gasteiger partial charge in [0.1, 0.15) is 6.61 Å². The Hall–Kier alpha value is -1.69. The Balaban J connectivity index is 1.47. The van der Waals surface area contributed by atoms with Gasteiger partial charge in [-0.25, -0.2) is 9.97 Å². The van der Waals surface area contributed by atoms with E-state index in [2.05, 4.69) is 19.8 Å². The van der Waals surface area contributed by atoms with Gasteiger partial charge in [0.05, 0.1) is 12.1 Å². The number of carbonyl (C=O) groups excluding carboxylic acids is 1. The predicted molar refractivity (Wildman–Crippen MR) is 86.1 cm³/mol. The summed E-state index contributed by atoms with van der Waals surface area (Å²) >= 11 is 0. The van der Waals surface area contributed by atoms with Gasteiger partial charge in [-0.15, -0.1) is 0 Å². The lowest BCUT2D eigenvalue weighted by atomic mass is 9.88. The molecule has 0 unspecified atom stereocenters. The maximum atomic E-state index is 12.4. The number of ether oxygens (including phenoxy) is 1. The maximum Gasteiger partial charge on any atom is 0.248 e. The summed E-state index contributed by atoms with van der Waals surface area (Å²) in [6, 6.07) is 1.96. The van der Waals surface area contributed by atoms with Gasteiger partial charge in [0.2, 0.25) is 11.9 Å². The molecule has 124 valence electrons. The largest absolute Gasteiger partial charge is 0.364 e. The second-order valence-electron chi connectivity index (χ2n) is 6.92. The van der Waals surface area contributed by atoms with Gasteiger partial charge in [-0.05, 0) is 24.8 Å². The summed E-state index contributed by atoms with van der Waals surface area (Å²) < 4.78 is 5.80. The van der Waals surface area contributed by atoms with Crippen LogP contribution in [-0.2, 0) is 9.53 Å². The minimum Gasteiger partial charge on any atom is -0.364 e. The first-order chi connectivity index (χ1) is 11.3. The first-order valence-corrected chi connectivity index (χ1v) is 8.74. The average molecular weight is 316 g/mol. The molecule has 6 nitrogen and oxygen atoms in total. The molecule has 0 radical (unpaired) electrons. The topological polar surface area (TPSA) is 58.6 Å². The fraction of sp³-hybridized carbons (Fsp3) is 0.706. The SMILES string of the molecule is O=C1CO[C@H]2CN(c3ncccn3)C[C@H]2N1CC1CCCCC1. The van der Waals surface area contributed by atoms with E-state index in [-0.39, 0.29) is 24.7 Å². The summed E-state index contributed by atoms with van der Waals surface area (Å²) in [7, 11) is 0. The molecular formula is C17H24N4O2. The summed E-state index contributed by atoms with van der Waals surface area (Å²) in [6.45, 7) is 2.65. The molecule has 1 saturated carbocycles. The Morgan fingerprint density at radius 3 is 2.70 bits per heavy atom. The molecule has 6 heteroatoms. The fourth-order valence-electron chi connectivity index (χ4n) is 4.17. The zero-order valence-electron chi connectivity index (χ0n) is 13.4. The third-order valence-corrected chi connectivity index (χ3v) is 5.39. The lowest BCUT2D eigenvalue weighted by Gasteiger charge is -2.39. The zero-order chi connectivity index (χ0) is 15.6. The Labute approximate surface area is 136 Å². The van der Waals surface area contributed by atoms with Gasteiger partial charge in [-0.1, -0.05) is 19.3 Å². The number of carbonyl (C=O) groups is 1. The van der Waals surface area contributed by atoms with Crippen LogP contribution in [-0.4, -0.2) is 59.2 Å². The lowest BCUT2D eigenvalue weighted by Crippen LogP contribution is -2.55. The van der Waals surface area contributed by atoms with Gasteiger partial charge in [0, 0.05) is 32.0 Å². The zero-order valence-corrected chi connectivity index (χ0v) is 13.4. The normalized spacial score (nSPS) is 29.0. The highest BCUT2D eigenvalue weighted by Crippen LogP contribution is 2.30. The first kappa shape index (κ1) is 14.9. The Bertz CT molecular complexity index is 547. The van der Waals surface area contributed by atoms with Crippen LogP contribution in [0.15, 0.2) is 18.5 Å². The summed E-state index contributed by atoms with van der Waals surface area (Å²) in [4.78, 5) is 25.3. The van der Waals surface area contributed by atoms with Crippen molar-refractivity contribution in [1.29, 1.82) is 0 Å². The van der Waals surface area contributed by atoms with E-state index in [1.807, 2.05) is 6.07 Å². The molecule has 3 fully saturated rings. The van der Waals surface area contributed by atoms with Gasteiger partial charge < -0.3 is 14.5 Å². The molecule has 0 N–H and O–H groups in total. The number of morpholine rings is 1. The maximum absolute atomic E-state index is 12.4. The Morgan fingerprint density at radius 2 is 1.91 bits per heavy atom. The number of amides is 1. The molecule has 23 heavy (non-hydrogen) atoms. The van der Waals surface area contributed by atoms with Crippen molar-refractivity contribution in [3.05, 3.63) is 18.5 Å². The first-order valence-electron chi connectivity index (χ1n) is 8.74. The average Bonchev–Trinajstić information content (AvgIpc) is 3.04. The van der Waals surface area contributed by atoms with Gasteiger partial charge in [-0.3, -0.25) is 4.79 Å². The number of nitrogens with zero attached hydrogens (tertiary/aromatic N) is 4. The van der Waals surface area contributed by atoms with Crippen LogP contribution >= 0.6 is 0 Å². The van der Waals surface area contributed by atoms with Crippen LogP contribution in [0.3, 0.4) is 0 Å². The van der Waals surface area contributed by atoms with Crippen LogP contribution in [0.1, 0.15) is 32.1 Å². The summed E-state index contributed by atoms with van der Waals surface area (Å²) in [5.41, 5.74) is 0. The molecule has 0 spiro atoms. The van der Waals surface area contributed by atoms with E-state index >= 15 is 0 Å². The summed E-state index contributed by atoms with van der Waals surface area (Å²) in [5, 5.41) is 0. The standard InChI is InChI=1S/C17H24N4O2/c22-16-12-23-15-11-20(17-18-7-4-8-19-17)10-14(15)21(16)9-13-5-2-1-3-6-13/h4,7-8,13-15H,1-3,5-6,9-12H2/t14-,15+/m1/s1. The van der Waals surface area contributed by atoms with Crippen molar-refractivity contribution in [3.8, 4) is 0 Å². The molecule has 1 aromatic rings. The summed E-state index contributed by atoms with van der Waals surface area (Å²) in [6.07, 6.45) is 10.1.